The largest absolute Gasteiger partial charge is 0.492 e. The number of ether oxygens (including phenoxy) is 1. The van der Waals surface area contributed by atoms with Crippen molar-refractivity contribution in [3.63, 3.8) is 0 Å². The highest BCUT2D eigenvalue weighted by Gasteiger charge is 2.40. The summed E-state index contributed by atoms with van der Waals surface area (Å²) >= 11 is 7.94. The molecule has 1 fully saturated rings. The number of amides is 1. The van der Waals surface area contributed by atoms with Gasteiger partial charge in [-0.25, -0.2) is 9.78 Å². The molecule has 0 spiro atoms. The van der Waals surface area contributed by atoms with Crippen molar-refractivity contribution in [2.75, 3.05) is 18.6 Å². The van der Waals surface area contributed by atoms with Gasteiger partial charge in [-0.05, 0) is 43.6 Å². The number of thioether (sulfide) groups is 2. The number of aliphatic carboxylic acids is 1. The summed E-state index contributed by atoms with van der Waals surface area (Å²) in [6.07, 6.45) is 3.88. The smallest absolute Gasteiger partial charge is 0.326 e. The summed E-state index contributed by atoms with van der Waals surface area (Å²) in [5, 5.41) is 10.5. The van der Waals surface area contributed by atoms with Crippen LogP contribution in [0.2, 0.25) is 0 Å². The van der Waals surface area contributed by atoms with Gasteiger partial charge in [0, 0.05) is 5.39 Å². The van der Waals surface area contributed by atoms with Crippen molar-refractivity contribution in [1.82, 2.24) is 9.88 Å². The van der Waals surface area contributed by atoms with Gasteiger partial charge in [0.05, 0.1) is 17.2 Å². The van der Waals surface area contributed by atoms with E-state index in [-0.39, 0.29) is 4.32 Å². The molecule has 1 aliphatic rings. The molecule has 0 saturated carbocycles. The van der Waals surface area contributed by atoms with Crippen LogP contribution < -0.4 is 4.74 Å². The molecule has 1 aliphatic heterocycles. The molecule has 0 aliphatic carbocycles. The van der Waals surface area contributed by atoms with Crippen molar-refractivity contribution in [3.05, 3.63) is 40.9 Å². The van der Waals surface area contributed by atoms with Crippen LogP contribution in [0.25, 0.3) is 17.0 Å². The molecule has 1 aromatic carbocycles. The van der Waals surface area contributed by atoms with Crippen molar-refractivity contribution in [3.8, 4) is 5.75 Å². The summed E-state index contributed by atoms with van der Waals surface area (Å²) in [6, 6.07) is 8.46. The molecule has 1 aromatic heterocycles. The number of carbonyl (C=O) groups excluding carboxylic acids is 1. The summed E-state index contributed by atoms with van der Waals surface area (Å²) in [6.45, 7) is 2.43. The predicted octanol–water partition coefficient (Wildman–Crippen LogP) is 4.04. The van der Waals surface area contributed by atoms with E-state index in [9.17, 15) is 14.7 Å². The molecular formula is C20H20N2O4S3. The lowest BCUT2D eigenvalue weighted by Crippen LogP contribution is -2.44. The minimum atomic E-state index is -1.05. The van der Waals surface area contributed by atoms with Gasteiger partial charge in [0.1, 0.15) is 21.6 Å². The lowest BCUT2D eigenvalue weighted by molar-refractivity contribution is -0.145. The first-order valence-electron chi connectivity index (χ1n) is 8.97. The molecule has 9 heteroatoms. The van der Waals surface area contributed by atoms with Crippen LogP contribution in [-0.2, 0) is 9.59 Å². The number of hydrogen-bond acceptors (Lipinski definition) is 7. The number of hydrogen-bond donors (Lipinski definition) is 1. The standard InChI is InChI=1S/C20H20N2O4S3/c1-3-26-15-6-4-5-12-7-8-13(21-17(12)15)11-16-18(23)22(20(27)29-16)14(19(24)25)9-10-28-2/h4-8,11,14H,3,9-10H2,1-2H3,(H,24,25)/b16-11+/t14-/m0/s1. The summed E-state index contributed by atoms with van der Waals surface area (Å²) in [5.41, 5.74) is 1.29. The van der Waals surface area contributed by atoms with Crippen molar-refractivity contribution in [2.45, 2.75) is 19.4 Å². The number of thiocarbonyl (C=S) groups is 1. The number of pyridine rings is 1. The van der Waals surface area contributed by atoms with E-state index in [4.69, 9.17) is 17.0 Å². The van der Waals surface area contributed by atoms with E-state index >= 15 is 0 Å². The molecule has 152 valence electrons. The second-order valence-electron chi connectivity index (χ2n) is 6.18. The Labute approximate surface area is 182 Å². The Morgan fingerprint density at radius 2 is 2.21 bits per heavy atom. The molecule has 1 atom stereocenters. The Morgan fingerprint density at radius 1 is 1.41 bits per heavy atom. The summed E-state index contributed by atoms with van der Waals surface area (Å²) in [7, 11) is 0. The monoisotopic (exact) mass is 448 g/mol. The van der Waals surface area contributed by atoms with E-state index in [1.54, 1.807) is 6.08 Å². The van der Waals surface area contributed by atoms with E-state index in [2.05, 4.69) is 4.98 Å². The Bertz CT molecular complexity index is 993. The average molecular weight is 449 g/mol. The van der Waals surface area contributed by atoms with Crippen molar-refractivity contribution in [2.24, 2.45) is 0 Å². The van der Waals surface area contributed by atoms with E-state index in [1.165, 1.54) is 16.7 Å². The fourth-order valence-electron chi connectivity index (χ4n) is 2.96. The molecule has 1 saturated heterocycles. The van der Waals surface area contributed by atoms with Crippen molar-refractivity contribution < 1.29 is 19.4 Å². The molecule has 0 bridgehead atoms. The molecule has 3 rings (SSSR count). The predicted molar refractivity (Wildman–Crippen MR) is 122 cm³/mol. The first-order chi connectivity index (χ1) is 14.0. The second kappa shape index (κ2) is 9.60. The lowest BCUT2D eigenvalue weighted by Gasteiger charge is -2.22. The highest BCUT2D eigenvalue weighted by molar-refractivity contribution is 8.26. The lowest BCUT2D eigenvalue weighted by atomic mass is 10.1. The highest BCUT2D eigenvalue weighted by atomic mass is 32.2. The summed E-state index contributed by atoms with van der Waals surface area (Å²) in [5.74, 6) is -0.148. The maximum absolute atomic E-state index is 12.9. The Hall–Kier alpha value is -2.10. The zero-order valence-corrected chi connectivity index (χ0v) is 18.4. The maximum atomic E-state index is 12.9. The van der Waals surface area contributed by atoms with Crippen LogP contribution >= 0.6 is 35.7 Å². The number of nitrogens with zero attached hydrogens (tertiary/aromatic N) is 2. The number of rotatable bonds is 8. The quantitative estimate of drug-likeness (QED) is 0.479. The number of para-hydroxylation sites is 1. The van der Waals surface area contributed by atoms with Gasteiger partial charge in [-0.2, -0.15) is 11.8 Å². The van der Waals surface area contributed by atoms with Gasteiger partial charge in [-0.3, -0.25) is 9.69 Å². The Kier molecular flexibility index (Phi) is 7.15. The van der Waals surface area contributed by atoms with Crippen LogP contribution in [0, 0.1) is 0 Å². The van der Waals surface area contributed by atoms with Gasteiger partial charge in [-0.15, -0.1) is 0 Å². The van der Waals surface area contributed by atoms with Crippen LogP contribution in [0.3, 0.4) is 0 Å². The normalized spacial score (nSPS) is 16.6. The molecule has 29 heavy (non-hydrogen) atoms. The van der Waals surface area contributed by atoms with E-state index in [0.717, 1.165) is 17.1 Å². The highest BCUT2D eigenvalue weighted by Crippen LogP contribution is 2.35. The Balaban J connectivity index is 1.92. The number of fused-ring (bicyclic) bond motifs is 1. The molecule has 6 nitrogen and oxygen atoms in total. The topological polar surface area (TPSA) is 79.7 Å². The van der Waals surface area contributed by atoms with E-state index < -0.39 is 17.9 Å². The van der Waals surface area contributed by atoms with Crippen molar-refractivity contribution >= 4 is 68.9 Å². The molecular weight excluding hydrogens is 428 g/mol. The fourth-order valence-corrected chi connectivity index (χ4v) is 4.76. The fraction of sp³-hybridized carbons (Fsp3) is 0.300. The van der Waals surface area contributed by atoms with E-state index in [1.807, 2.05) is 43.5 Å². The molecule has 2 aromatic rings. The number of carboxylic acid groups (broad SMARTS) is 1. The zero-order valence-electron chi connectivity index (χ0n) is 16.0. The minimum absolute atomic E-state index is 0.255. The molecule has 0 unspecified atom stereocenters. The first-order valence-corrected chi connectivity index (χ1v) is 11.6. The summed E-state index contributed by atoms with van der Waals surface area (Å²) < 4.78 is 5.90. The van der Waals surface area contributed by atoms with Crippen LogP contribution in [0.5, 0.6) is 5.75 Å². The van der Waals surface area contributed by atoms with Gasteiger partial charge in [0.25, 0.3) is 5.91 Å². The molecule has 2 heterocycles. The van der Waals surface area contributed by atoms with Crippen LogP contribution in [0.1, 0.15) is 19.0 Å². The Morgan fingerprint density at radius 3 is 2.90 bits per heavy atom. The molecule has 0 radical (unpaired) electrons. The molecule has 1 amide bonds. The summed E-state index contributed by atoms with van der Waals surface area (Å²) in [4.78, 5) is 30.8. The van der Waals surface area contributed by atoms with Gasteiger partial charge < -0.3 is 9.84 Å². The van der Waals surface area contributed by atoms with Gasteiger partial charge in [-0.1, -0.05) is 42.2 Å². The van der Waals surface area contributed by atoms with Gasteiger partial charge in [0.15, 0.2) is 0 Å². The number of carbonyl (C=O) groups is 2. The third kappa shape index (κ3) is 4.73. The van der Waals surface area contributed by atoms with Crippen LogP contribution in [0.4, 0.5) is 0 Å². The SMILES string of the molecule is CCOc1cccc2ccc(/C=C3/SC(=S)N([C@@H](CCSC)C(=O)O)C3=O)nc12. The average Bonchev–Trinajstić information content (AvgIpc) is 2.96. The van der Waals surface area contributed by atoms with Gasteiger partial charge in [0.2, 0.25) is 0 Å². The van der Waals surface area contributed by atoms with Crippen molar-refractivity contribution in [1.29, 1.82) is 0 Å². The van der Waals surface area contributed by atoms with Crippen LogP contribution in [0.15, 0.2) is 35.2 Å². The third-order valence-electron chi connectivity index (χ3n) is 4.30. The molecule has 1 N–H and O–H groups in total. The number of benzene rings is 1. The van der Waals surface area contributed by atoms with Crippen LogP contribution in [-0.4, -0.2) is 55.8 Å². The number of carboxylic acids is 1. The van der Waals surface area contributed by atoms with Gasteiger partial charge >= 0.3 is 5.97 Å². The third-order valence-corrected chi connectivity index (χ3v) is 6.27. The minimum Gasteiger partial charge on any atom is -0.492 e. The first kappa shape index (κ1) is 21.6. The number of aromatic nitrogens is 1. The van der Waals surface area contributed by atoms with E-state index in [0.29, 0.717) is 40.6 Å². The maximum Gasteiger partial charge on any atom is 0.326 e. The zero-order chi connectivity index (χ0) is 21.0. The second-order valence-corrected chi connectivity index (χ2v) is 8.85.